The second kappa shape index (κ2) is 3.29. The monoisotopic (exact) mass is 219 g/mol. The van der Waals surface area contributed by atoms with Crippen molar-refractivity contribution in [2.24, 2.45) is 0 Å². The molecule has 1 aliphatic heterocycles. The third-order valence-corrected chi connectivity index (χ3v) is 3.94. The summed E-state index contributed by atoms with van der Waals surface area (Å²) < 4.78 is 6.66. The van der Waals surface area contributed by atoms with Gasteiger partial charge in [-0.25, -0.2) is 4.98 Å². The van der Waals surface area contributed by atoms with Crippen LogP contribution in [0.5, 0.6) is 0 Å². The summed E-state index contributed by atoms with van der Waals surface area (Å²) in [5, 5.41) is 1.23. The van der Waals surface area contributed by atoms with Crippen molar-refractivity contribution in [2.45, 2.75) is 25.4 Å². The molecule has 1 unspecified atom stereocenters. The van der Waals surface area contributed by atoms with Crippen LogP contribution in [0.25, 0.3) is 10.2 Å². The summed E-state index contributed by atoms with van der Waals surface area (Å²) in [6.45, 7) is 3.08. The number of rotatable bonds is 3. The third-order valence-electron chi connectivity index (χ3n) is 2.84. The molecule has 0 amide bonds. The summed E-state index contributed by atoms with van der Waals surface area (Å²) in [6.07, 6.45) is 2.13. The SMILES string of the molecule is CC1(CCc2nc3ccccc3s2)CO1. The van der Waals surface area contributed by atoms with E-state index < -0.39 is 0 Å². The molecule has 1 fully saturated rings. The summed E-state index contributed by atoms with van der Waals surface area (Å²) >= 11 is 1.80. The van der Waals surface area contributed by atoms with E-state index in [4.69, 9.17) is 4.74 Å². The number of thiazole rings is 1. The van der Waals surface area contributed by atoms with Crippen LogP contribution in [0.15, 0.2) is 24.3 Å². The molecule has 0 bridgehead atoms. The first kappa shape index (κ1) is 9.31. The van der Waals surface area contributed by atoms with E-state index in [1.54, 1.807) is 11.3 Å². The Balaban J connectivity index is 1.79. The minimum absolute atomic E-state index is 0.151. The highest BCUT2D eigenvalue weighted by atomic mass is 32.1. The van der Waals surface area contributed by atoms with Crippen LogP contribution >= 0.6 is 11.3 Å². The Morgan fingerprint density at radius 1 is 1.47 bits per heavy atom. The first-order valence-electron chi connectivity index (χ1n) is 5.24. The van der Waals surface area contributed by atoms with Crippen LogP contribution < -0.4 is 0 Å². The summed E-state index contributed by atoms with van der Waals surface area (Å²) in [4.78, 5) is 4.61. The topological polar surface area (TPSA) is 25.4 Å². The Kier molecular flexibility index (Phi) is 2.04. The van der Waals surface area contributed by atoms with Gasteiger partial charge in [0.1, 0.15) is 0 Å². The average Bonchev–Trinajstić information content (AvgIpc) is 2.83. The van der Waals surface area contributed by atoms with E-state index in [0.717, 1.165) is 25.0 Å². The molecule has 78 valence electrons. The van der Waals surface area contributed by atoms with Crippen molar-refractivity contribution in [3.8, 4) is 0 Å². The molecule has 1 aliphatic rings. The molecule has 2 aromatic rings. The standard InChI is InChI=1S/C12H13NOS/c1-12(8-14-12)7-6-11-13-9-4-2-3-5-10(9)15-11/h2-5H,6-8H2,1H3. The number of ether oxygens (including phenoxy) is 1. The molecular weight excluding hydrogens is 206 g/mol. The van der Waals surface area contributed by atoms with Crippen LogP contribution in [0.4, 0.5) is 0 Å². The van der Waals surface area contributed by atoms with E-state index in [2.05, 4.69) is 30.1 Å². The Morgan fingerprint density at radius 2 is 2.27 bits per heavy atom. The molecule has 0 spiro atoms. The van der Waals surface area contributed by atoms with Crippen molar-refractivity contribution in [2.75, 3.05) is 6.61 Å². The van der Waals surface area contributed by atoms with Crippen LogP contribution in [0.3, 0.4) is 0 Å². The first-order valence-corrected chi connectivity index (χ1v) is 6.05. The number of para-hydroxylation sites is 1. The third kappa shape index (κ3) is 1.90. The lowest BCUT2D eigenvalue weighted by Gasteiger charge is -2.00. The van der Waals surface area contributed by atoms with Crippen LogP contribution in [0, 0.1) is 0 Å². The first-order chi connectivity index (χ1) is 7.25. The van der Waals surface area contributed by atoms with Crippen molar-refractivity contribution < 1.29 is 4.74 Å². The second-order valence-corrected chi connectivity index (χ2v) is 5.43. The average molecular weight is 219 g/mol. The number of fused-ring (bicyclic) bond motifs is 1. The number of hydrogen-bond acceptors (Lipinski definition) is 3. The minimum Gasteiger partial charge on any atom is -0.370 e. The van der Waals surface area contributed by atoms with E-state index in [-0.39, 0.29) is 5.60 Å². The Bertz CT molecular complexity index is 454. The van der Waals surface area contributed by atoms with Gasteiger partial charge in [-0.05, 0) is 25.5 Å². The van der Waals surface area contributed by atoms with Gasteiger partial charge in [0, 0.05) is 6.42 Å². The number of aryl methyl sites for hydroxylation is 1. The van der Waals surface area contributed by atoms with E-state index in [9.17, 15) is 0 Å². The molecule has 0 aliphatic carbocycles. The normalized spacial score (nSPS) is 24.6. The summed E-state index contributed by atoms with van der Waals surface area (Å²) in [5.74, 6) is 0. The van der Waals surface area contributed by atoms with E-state index in [0.29, 0.717) is 0 Å². The maximum Gasteiger partial charge on any atom is 0.0939 e. The highest BCUT2D eigenvalue weighted by Crippen LogP contribution is 2.32. The van der Waals surface area contributed by atoms with Gasteiger partial charge in [-0.2, -0.15) is 0 Å². The lowest BCUT2D eigenvalue weighted by molar-refractivity contribution is 0.309. The smallest absolute Gasteiger partial charge is 0.0939 e. The number of epoxide rings is 1. The predicted molar refractivity (Wildman–Crippen MR) is 62.3 cm³/mol. The predicted octanol–water partition coefficient (Wildman–Crippen LogP) is 3.02. The zero-order valence-electron chi connectivity index (χ0n) is 8.69. The zero-order valence-corrected chi connectivity index (χ0v) is 9.51. The van der Waals surface area contributed by atoms with Crippen molar-refractivity contribution in [3.63, 3.8) is 0 Å². The molecule has 2 nitrogen and oxygen atoms in total. The van der Waals surface area contributed by atoms with Gasteiger partial charge in [0.25, 0.3) is 0 Å². The number of nitrogens with zero attached hydrogens (tertiary/aromatic N) is 1. The van der Waals surface area contributed by atoms with Gasteiger partial charge in [0.2, 0.25) is 0 Å². The van der Waals surface area contributed by atoms with Crippen LogP contribution in [0.2, 0.25) is 0 Å². The van der Waals surface area contributed by atoms with E-state index in [1.807, 2.05) is 6.07 Å². The quantitative estimate of drug-likeness (QED) is 0.741. The van der Waals surface area contributed by atoms with Crippen molar-refractivity contribution in [3.05, 3.63) is 29.3 Å². The maximum atomic E-state index is 5.37. The van der Waals surface area contributed by atoms with Gasteiger partial charge in [-0.1, -0.05) is 12.1 Å². The fourth-order valence-electron chi connectivity index (χ4n) is 1.67. The second-order valence-electron chi connectivity index (χ2n) is 4.31. The van der Waals surface area contributed by atoms with Gasteiger partial charge in [0.15, 0.2) is 0 Å². The number of benzene rings is 1. The Hall–Kier alpha value is -0.930. The molecule has 1 saturated heterocycles. The van der Waals surface area contributed by atoms with Crippen LogP contribution in [0.1, 0.15) is 18.4 Å². The minimum atomic E-state index is 0.151. The Labute approximate surface area is 92.9 Å². The Morgan fingerprint density at radius 3 is 3.00 bits per heavy atom. The van der Waals surface area contributed by atoms with Crippen molar-refractivity contribution >= 4 is 21.6 Å². The van der Waals surface area contributed by atoms with Gasteiger partial charge < -0.3 is 4.74 Å². The van der Waals surface area contributed by atoms with Crippen LogP contribution in [-0.4, -0.2) is 17.2 Å². The summed E-state index contributed by atoms with van der Waals surface area (Å²) in [5.41, 5.74) is 1.28. The van der Waals surface area contributed by atoms with E-state index >= 15 is 0 Å². The molecular formula is C12H13NOS. The molecule has 1 aromatic heterocycles. The summed E-state index contributed by atoms with van der Waals surface area (Å²) in [6, 6.07) is 8.31. The molecule has 3 rings (SSSR count). The number of aromatic nitrogens is 1. The maximum absolute atomic E-state index is 5.37. The highest BCUT2D eigenvalue weighted by molar-refractivity contribution is 7.18. The molecule has 15 heavy (non-hydrogen) atoms. The van der Waals surface area contributed by atoms with Gasteiger partial charge >= 0.3 is 0 Å². The molecule has 1 aromatic carbocycles. The molecule has 3 heteroatoms. The van der Waals surface area contributed by atoms with Crippen LogP contribution in [-0.2, 0) is 11.2 Å². The lowest BCUT2D eigenvalue weighted by atomic mass is 10.1. The van der Waals surface area contributed by atoms with Gasteiger partial charge in [-0.3, -0.25) is 0 Å². The largest absolute Gasteiger partial charge is 0.370 e. The molecule has 0 saturated carbocycles. The van der Waals surface area contributed by atoms with E-state index in [1.165, 1.54) is 9.71 Å². The van der Waals surface area contributed by atoms with Crippen molar-refractivity contribution in [1.82, 2.24) is 4.98 Å². The van der Waals surface area contributed by atoms with Crippen molar-refractivity contribution in [1.29, 1.82) is 0 Å². The molecule has 0 N–H and O–H groups in total. The number of hydrogen-bond donors (Lipinski definition) is 0. The molecule has 2 heterocycles. The van der Waals surface area contributed by atoms with Gasteiger partial charge in [0.05, 0.1) is 27.4 Å². The summed E-state index contributed by atoms with van der Waals surface area (Å²) in [7, 11) is 0. The lowest BCUT2D eigenvalue weighted by Crippen LogP contribution is -2.05. The fourth-order valence-corrected chi connectivity index (χ4v) is 2.63. The molecule has 0 radical (unpaired) electrons. The zero-order chi connectivity index (χ0) is 10.3. The highest BCUT2D eigenvalue weighted by Gasteiger charge is 2.38. The molecule has 1 atom stereocenters. The van der Waals surface area contributed by atoms with Gasteiger partial charge in [-0.15, -0.1) is 11.3 Å². The fraction of sp³-hybridized carbons (Fsp3) is 0.417.